The largest absolute Gasteiger partial charge is 0.326 e. The molecule has 0 saturated carbocycles. The first-order valence-electron chi connectivity index (χ1n) is 7.31. The minimum atomic E-state index is -0.373. The number of hydrogen-bond donors (Lipinski definition) is 1. The number of imide groups is 1. The van der Waals surface area contributed by atoms with Crippen LogP contribution < -0.4 is 5.32 Å². The van der Waals surface area contributed by atoms with Crippen molar-refractivity contribution in [1.29, 1.82) is 0 Å². The summed E-state index contributed by atoms with van der Waals surface area (Å²) >= 11 is 0. The van der Waals surface area contributed by atoms with Crippen LogP contribution in [0.5, 0.6) is 0 Å². The van der Waals surface area contributed by atoms with Crippen molar-refractivity contribution >= 4 is 11.9 Å². The Kier molecular flexibility index (Phi) is 4.96. The summed E-state index contributed by atoms with van der Waals surface area (Å²) in [6.45, 7) is 5.11. The van der Waals surface area contributed by atoms with Crippen LogP contribution in [0.25, 0.3) is 0 Å². The molecular formula is C16H23N3O2. The van der Waals surface area contributed by atoms with E-state index in [0.717, 1.165) is 5.56 Å². The van der Waals surface area contributed by atoms with E-state index in [1.54, 1.807) is 0 Å². The van der Waals surface area contributed by atoms with Gasteiger partial charge in [0.05, 0.1) is 6.67 Å². The van der Waals surface area contributed by atoms with E-state index >= 15 is 0 Å². The zero-order valence-corrected chi connectivity index (χ0v) is 12.9. The summed E-state index contributed by atoms with van der Waals surface area (Å²) < 4.78 is 0. The van der Waals surface area contributed by atoms with Gasteiger partial charge in [0.1, 0.15) is 6.04 Å². The van der Waals surface area contributed by atoms with Gasteiger partial charge in [-0.05, 0) is 24.9 Å². The first-order valence-corrected chi connectivity index (χ1v) is 7.31. The molecule has 1 aromatic rings. The molecule has 1 saturated heterocycles. The third-order valence-corrected chi connectivity index (χ3v) is 3.49. The molecule has 1 atom stereocenters. The standard InChI is InChI=1S/C16H23N3O2/c1-12(2)9-14-15(20)19(16(21)17-14)11-18(3)10-13-7-5-4-6-8-13/h4-8,12,14H,9-11H2,1-3H3,(H,17,21). The Hall–Kier alpha value is -1.88. The van der Waals surface area contributed by atoms with Crippen LogP contribution in [-0.2, 0) is 11.3 Å². The van der Waals surface area contributed by atoms with Gasteiger partial charge in [0.2, 0.25) is 0 Å². The second-order valence-electron chi connectivity index (χ2n) is 6.04. The Bertz CT molecular complexity index is 502. The number of carbonyl (C=O) groups is 2. The van der Waals surface area contributed by atoms with E-state index < -0.39 is 0 Å². The molecule has 1 N–H and O–H groups in total. The van der Waals surface area contributed by atoms with Crippen molar-refractivity contribution in [3.63, 3.8) is 0 Å². The van der Waals surface area contributed by atoms with E-state index in [-0.39, 0.29) is 18.0 Å². The lowest BCUT2D eigenvalue weighted by molar-refractivity contribution is -0.129. The highest BCUT2D eigenvalue weighted by atomic mass is 16.2. The normalized spacial score (nSPS) is 18.7. The second kappa shape index (κ2) is 6.72. The van der Waals surface area contributed by atoms with E-state index in [2.05, 4.69) is 5.32 Å². The molecule has 3 amide bonds. The third-order valence-electron chi connectivity index (χ3n) is 3.49. The number of rotatable bonds is 6. The summed E-state index contributed by atoms with van der Waals surface area (Å²) in [7, 11) is 1.91. The van der Waals surface area contributed by atoms with Crippen molar-refractivity contribution in [3.8, 4) is 0 Å². The smallest absolute Gasteiger partial charge is 0.325 e. The molecular weight excluding hydrogens is 266 g/mol. The van der Waals surface area contributed by atoms with Crippen molar-refractivity contribution in [1.82, 2.24) is 15.1 Å². The van der Waals surface area contributed by atoms with Crippen LogP contribution in [0, 0.1) is 5.92 Å². The van der Waals surface area contributed by atoms with Crippen LogP contribution in [0.15, 0.2) is 30.3 Å². The van der Waals surface area contributed by atoms with Crippen LogP contribution in [0.3, 0.4) is 0 Å². The van der Waals surface area contributed by atoms with Gasteiger partial charge in [-0.15, -0.1) is 0 Å². The maximum absolute atomic E-state index is 12.3. The van der Waals surface area contributed by atoms with Gasteiger partial charge in [-0.3, -0.25) is 9.69 Å². The van der Waals surface area contributed by atoms with Gasteiger partial charge in [0, 0.05) is 6.54 Å². The van der Waals surface area contributed by atoms with Gasteiger partial charge in [-0.25, -0.2) is 9.69 Å². The lowest BCUT2D eigenvalue weighted by atomic mass is 10.0. The molecule has 5 nitrogen and oxygen atoms in total. The average molecular weight is 289 g/mol. The Morgan fingerprint density at radius 2 is 1.90 bits per heavy atom. The monoisotopic (exact) mass is 289 g/mol. The minimum Gasteiger partial charge on any atom is -0.326 e. The summed E-state index contributed by atoms with van der Waals surface area (Å²) in [5.41, 5.74) is 1.16. The molecule has 21 heavy (non-hydrogen) atoms. The molecule has 0 aromatic heterocycles. The van der Waals surface area contributed by atoms with Crippen molar-refractivity contribution < 1.29 is 9.59 Å². The zero-order chi connectivity index (χ0) is 15.4. The van der Waals surface area contributed by atoms with Gasteiger partial charge in [0.25, 0.3) is 5.91 Å². The van der Waals surface area contributed by atoms with Gasteiger partial charge in [0.15, 0.2) is 0 Å². The third kappa shape index (κ3) is 4.04. The highest BCUT2D eigenvalue weighted by Gasteiger charge is 2.38. The maximum Gasteiger partial charge on any atom is 0.325 e. The zero-order valence-electron chi connectivity index (χ0n) is 12.9. The number of nitrogens with one attached hydrogen (secondary N) is 1. The average Bonchev–Trinajstić information content (AvgIpc) is 2.67. The maximum atomic E-state index is 12.3. The molecule has 1 aliphatic rings. The number of urea groups is 1. The van der Waals surface area contributed by atoms with Crippen LogP contribution in [-0.4, -0.2) is 41.5 Å². The SMILES string of the molecule is CC(C)CC1NC(=O)N(CN(C)Cc2ccccc2)C1=O. The molecule has 0 radical (unpaired) electrons. The summed E-state index contributed by atoms with van der Waals surface area (Å²) in [4.78, 5) is 27.5. The lowest BCUT2D eigenvalue weighted by Crippen LogP contribution is -2.40. The summed E-state index contributed by atoms with van der Waals surface area (Å²) in [5, 5.41) is 2.77. The van der Waals surface area contributed by atoms with Crippen molar-refractivity contribution in [2.45, 2.75) is 32.9 Å². The predicted molar refractivity (Wildman–Crippen MR) is 81.4 cm³/mol. The first kappa shape index (κ1) is 15.5. The van der Waals surface area contributed by atoms with Crippen molar-refractivity contribution in [2.75, 3.05) is 13.7 Å². The first-order chi connectivity index (χ1) is 9.97. The fourth-order valence-corrected chi connectivity index (χ4v) is 2.53. The highest BCUT2D eigenvalue weighted by molar-refractivity contribution is 6.04. The quantitative estimate of drug-likeness (QED) is 0.815. The molecule has 1 aromatic carbocycles. The molecule has 0 spiro atoms. The summed E-state index contributed by atoms with van der Waals surface area (Å²) in [6, 6.07) is 9.34. The Morgan fingerprint density at radius 3 is 2.52 bits per heavy atom. The summed E-state index contributed by atoms with van der Waals surface area (Å²) in [6.07, 6.45) is 0.684. The van der Waals surface area contributed by atoms with Crippen LogP contribution in [0.4, 0.5) is 4.79 Å². The lowest BCUT2D eigenvalue weighted by Gasteiger charge is -2.22. The number of carbonyl (C=O) groups excluding carboxylic acids is 2. The fraction of sp³-hybridized carbons (Fsp3) is 0.500. The van der Waals surface area contributed by atoms with Crippen LogP contribution in [0.2, 0.25) is 0 Å². The number of hydrogen-bond acceptors (Lipinski definition) is 3. The van der Waals surface area contributed by atoms with E-state index in [4.69, 9.17) is 0 Å². The Labute approximate surface area is 125 Å². The predicted octanol–water partition coefficient (Wildman–Crippen LogP) is 2.04. The molecule has 1 unspecified atom stereocenters. The van der Waals surface area contributed by atoms with Gasteiger partial charge < -0.3 is 5.32 Å². The molecule has 1 heterocycles. The Balaban J connectivity index is 1.93. The van der Waals surface area contributed by atoms with Crippen LogP contribution in [0.1, 0.15) is 25.8 Å². The van der Waals surface area contributed by atoms with E-state index in [0.29, 0.717) is 25.6 Å². The minimum absolute atomic E-state index is 0.117. The Morgan fingerprint density at radius 1 is 1.24 bits per heavy atom. The second-order valence-corrected chi connectivity index (χ2v) is 6.04. The molecule has 114 valence electrons. The molecule has 1 aliphatic heterocycles. The molecule has 2 rings (SSSR count). The van der Waals surface area contributed by atoms with Crippen molar-refractivity contribution in [3.05, 3.63) is 35.9 Å². The number of nitrogens with zero attached hydrogens (tertiary/aromatic N) is 2. The topological polar surface area (TPSA) is 52.7 Å². The van der Waals surface area contributed by atoms with Gasteiger partial charge >= 0.3 is 6.03 Å². The van der Waals surface area contributed by atoms with Gasteiger partial charge in [-0.1, -0.05) is 44.2 Å². The summed E-state index contributed by atoms with van der Waals surface area (Å²) in [5.74, 6) is 0.259. The molecule has 0 aliphatic carbocycles. The number of benzene rings is 1. The molecule has 0 bridgehead atoms. The highest BCUT2D eigenvalue weighted by Crippen LogP contribution is 2.15. The molecule has 5 heteroatoms. The fourth-order valence-electron chi connectivity index (χ4n) is 2.53. The van der Waals surface area contributed by atoms with E-state index in [9.17, 15) is 9.59 Å². The number of amides is 3. The van der Waals surface area contributed by atoms with Crippen molar-refractivity contribution in [2.24, 2.45) is 5.92 Å². The molecule has 1 fully saturated rings. The van der Waals surface area contributed by atoms with E-state index in [1.807, 2.05) is 56.1 Å². The van der Waals surface area contributed by atoms with E-state index in [1.165, 1.54) is 4.90 Å². The van der Waals surface area contributed by atoms with Gasteiger partial charge in [-0.2, -0.15) is 0 Å². The van der Waals surface area contributed by atoms with Crippen LogP contribution >= 0.6 is 0 Å².